The van der Waals surface area contributed by atoms with E-state index in [0.29, 0.717) is 5.92 Å². The predicted molar refractivity (Wildman–Crippen MR) is 59.2 cm³/mol. The zero-order valence-corrected chi connectivity index (χ0v) is 9.68. The summed E-state index contributed by atoms with van der Waals surface area (Å²) in [7, 11) is 0. The minimum Gasteiger partial charge on any atom is -0.159 e. The van der Waals surface area contributed by atoms with Crippen molar-refractivity contribution in [2.45, 2.75) is 6.92 Å². The Kier molecular flexibility index (Phi) is 2.74. The Morgan fingerprint density at radius 2 is 2.62 bits per heavy atom. The highest BCUT2D eigenvalue weighted by Crippen LogP contribution is 2.21. The van der Waals surface area contributed by atoms with Crippen LogP contribution in [0.25, 0.3) is 0 Å². The fraction of sp³-hybridized carbons (Fsp3) is 0.500. The first-order chi connectivity index (χ1) is 6.25. The highest BCUT2D eigenvalue weighted by atomic mass is 79.9. The van der Waals surface area contributed by atoms with Crippen molar-refractivity contribution in [2.24, 2.45) is 11.0 Å². The molecule has 13 heavy (non-hydrogen) atoms. The molecule has 1 unspecified atom stereocenters. The van der Waals surface area contributed by atoms with Crippen molar-refractivity contribution >= 4 is 33.4 Å². The van der Waals surface area contributed by atoms with Gasteiger partial charge in [-0.05, 0) is 15.9 Å². The van der Waals surface area contributed by atoms with E-state index in [9.17, 15) is 0 Å². The van der Waals surface area contributed by atoms with Crippen molar-refractivity contribution in [2.75, 3.05) is 11.5 Å². The molecule has 0 aromatic carbocycles. The molecule has 3 nitrogen and oxygen atoms in total. The van der Waals surface area contributed by atoms with Crippen molar-refractivity contribution in [3.8, 4) is 0 Å². The van der Waals surface area contributed by atoms with Gasteiger partial charge in [-0.25, -0.2) is 0 Å². The lowest BCUT2D eigenvalue weighted by atomic mass is 10.1. The SMILES string of the molecule is CC1CSC/C1=N\n1cc(Br)cn1. The summed E-state index contributed by atoms with van der Waals surface area (Å²) in [4.78, 5) is 1.63. The maximum Gasteiger partial charge on any atom is 0.0654 e. The number of halogens is 1. The molecule has 70 valence electrons. The molecule has 1 aliphatic heterocycles. The van der Waals surface area contributed by atoms with Gasteiger partial charge in [-0.1, -0.05) is 6.92 Å². The van der Waals surface area contributed by atoms with Crippen LogP contribution < -0.4 is 0 Å². The predicted octanol–water partition coefficient (Wildman–Crippen LogP) is 2.23. The lowest BCUT2D eigenvalue weighted by molar-refractivity contribution is 0.725. The van der Waals surface area contributed by atoms with Gasteiger partial charge in [0.1, 0.15) is 0 Å². The molecule has 1 aromatic heterocycles. The van der Waals surface area contributed by atoms with Gasteiger partial charge in [0.05, 0.1) is 22.6 Å². The van der Waals surface area contributed by atoms with Gasteiger partial charge < -0.3 is 0 Å². The van der Waals surface area contributed by atoms with Crippen molar-refractivity contribution in [3.63, 3.8) is 0 Å². The van der Waals surface area contributed by atoms with E-state index in [0.717, 1.165) is 10.2 Å². The number of hydrogen-bond acceptors (Lipinski definition) is 3. The van der Waals surface area contributed by atoms with E-state index in [1.807, 2.05) is 18.0 Å². The van der Waals surface area contributed by atoms with Crippen molar-refractivity contribution < 1.29 is 0 Å². The van der Waals surface area contributed by atoms with E-state index in [4.69, 9.17) is 0 Å². The van der Waals surface area contributed by atoms with Gasteiger partial charge in [0.2, 0.25) is 0 Å². The molecule has 0 spiro atoms. The molecule has 0 amide bonds. The van der Waals surface area contributed by atoms with Crippen molar-refractivity contribution in [1.29, 1.82) is 0 Å². The molecule has 1 aliphatic rings. The highest BCUT2D eigenvalue weighted by Gasteiger charge is 2.18. The molecule has 0 aliphatic carbocycles. The van der Waals surface area contributed by atoms with Crippen LogP contribution in [0.1, 0.15) is 6.92 Å². The van der Waals surface area contributed by atoms with Crippen LogP contribution in [-0.2, 0) is 0 Å². The maximum absolute atomic E-state index is 4.43. The molecule has 5 heteroatoms. The lowest BCUT2D eigenvalue weighted by Crippen LogP contribution is -2.09. The molecule has 0 saturated carbocycles. The molecule has 1 fully saturated rings. The summed E-state index contributed by atoms with van der Waals surface area (Å²) in [5.74, 6) is 2.81. The molecule has 2 rings (SSSR count). The number of aromatic nitrogens is 2. The number of nitrogens with zero attached hydrogens (tertiary/aromatic N) is 3. The van der Waals surface area contributed by atoms with Crippen LogP contribution >= 0.6 is 27.7 Å². The molecular formula is C8H10BrN3S. The standard InChI is InChI=1S/C8H10BrN3S/c1-6-4-13-5-8(6)11-12-3-7(9)2-10-12/h2-3,6H,4-5H2,1H3/b11-8+. The summed E-state index contributed by atoms with van der Waals surface area (Å²) >= 11 is 5.27. The van der Waals surface area contributed by atoms with E-state index in [-0.39, 0.29) is 0 Å². The molecule has 1 saturated heterocycles. The monoisotopic (exact) mass is 259 g/mol. The minimum absolute atomic E-state index is 0.591. The second-order valence-corrected chi connectivity index (χ2v) is 5.03. The Morgan fingerprint density at radius 1 is 1.77 bits per heavy atom. The maximum atomic E-state index is 4.43. The third kappa shape index (κ3) is 2.14. The summed E-state index contributed by atoms with van der Waals surface area (Å²) in [5, 5.41) is 8.52. The van der Waals surface area contributed by atoms with Gasteiger partial charge in [0, 0.05) is 17.4 Å². The van der Waals surface area contributed by atoms with Crippen LogP contribution in [-0.4, -0.2) is 27.1 Å². The molecule has 2 heterocycles. The first kappa shape index (κ1) is 9.27. The summed E-state index contributed by atoms with van der Waals surface area (Å²) in [6.07, 6.45) is 3.61. The summed E-state index contributed by atoms with van der Waals surface area (Å²) in [6, 6.07) is 0. The van der Waals surface area contributed by atoms with E-state index < -0.39 is 0 Å². The summed E-state index contributed by atoms with van der Waals surface area (Å²) in [6.45, 7) is 2.21. The summed E-state index contributed by atoms with van der Waals surface area (Å²) in [5.41, 5.74) is 1.24. The topological polar surface area (TPSA) is 30.2 Å². The van der Waals surface area contributed by atoms with Crippen LogP contribution in [0.5, 0.6) is 0 Å². The average Bonchev–Trinajstić information content (AvgIpc) is 2.64. The first-order valence-corrected chi connectivity index (χ1v) is 6.06. The van der Waals surface area contributed by atoms with Gasteiger partial charge in [0.25, 0.3) is 0 Å². The van der Waals surface area contributed by atoms with E-state index in [2.05, 4.69) is 33.1 Å². The normalized spacial score (nSPS) is 25.7. The smallest absolute Gasteiger partial charge is 0.0654 e. The van der Waals surface area contributed by atoms with Crippen LogP contribution in [0.3, 0.4) is 0 Å². The Balaban J connectivity index is 2.19. The van der Waals surface area contributed by atoms with Gasteiger partial charge in [-0.15, -0.1) is 0 Å². The number of rotatable bonds is 1. The summed E-state index contributed by atoms with van der Waals surface area (Å²) < 4.78 is 0.968. The third-order valence-electron chi connectivity index (χ3n) is 1.96. The largest absolute Gasteiger partial charge is 0.159 e. The molecule has 0 N–H and O–H groups in total. The van der Waals surface area contributed by atoms with Crippen LogP contribution in [0.2, 0.25) is 0 Å². The zero-order valence-electron chi connectivity index (χ0n) is 7.27. The van der Waals surface area contributed by atoms with E-state index >= 15 is 0 Å². The first-order valence-electron chi connectivity index (χ1n) is 4.11. The number of hydrogen-bond donors (Lipinski definition) is 0. The fourth-order valence-electron chi connectivity index (χ4n) is 1.18. The van der Waals surface area contributed by atoms with E-state index in [1.165, 1.54) is 11.5 Å². The molecule has 0 bridgehead atoms. The average molecular weight is 260 g/mol. The zero-order chi connectivity index (χ0) is 9.26. The molecular weight excluding hydrogens is 250 g/mol. The van der Waals surface area contributed by atoms with Crippen LogP contribution in [0, 0.1) is 5.92 Å². The Labute approximate surface area is 89.7 Å². The minimum atomic E-state index is 0.591. The fourth-order valence-corrected chi connectivity index (χ4v) is 2.67. The Bertz CT molecular complexity index is 334. The van der Waals surface area contributed by atoms with Crippen LogP contribution in [0.4, 0.5) is 0 Å². The highest BCUT2D eigenvalue weighted by molar-refractivity contribution is 9.10. The van der Waals surface area contributed by atoms with Gasteiger partial charge in [0.15, 0.2) is 0 Å². The van der Waals surface area contributed by atoms with Crippen molar-refractivity contribution in [1.82, 2.24) is 9.89 Å². The van der Waals surface area contributed by atoms with Crippen LogP contribution in [0.15, 0.2) is 22.0 Å². The van der Waals surface area contributed by atoms with Gasteiger partial charge in [-0.2, -0.15) is 26.8 Å². The lowest BCUT2D eigenvalue weighted by Gasteiger charge is -2.00. The van der Waals surface area contributed by atoms with E-state index in [1.54, 1.807) is 11.0 Å². The molecule has 1 aromatic rings. The molecule has 1 atom stereocenters. The second kappa shape index (κ2) is 3.84. The molecule has 0 radical (unpaired) electrons. The second-order valence-electron chi connectivity index (χ2n) is 3.09. The third-order valence-corrected chi connectivity index (χ3v) is 3.60. The van der Waals surface area contributed by atoms with Crippen molar-refractivity contribution in [3.05, 3.63) is 16.9 Å². The van der Waals surface area contributed by atoms with Gasteiger partial charge >= 0.3 is 0 Å². The van der Waals surface area contributed by atoms with Gasteiger partial charge in [-0.3, -0.25) is 0 Å². The Hall–Kier alpha value is -0.290. The quantitative estimate of drug-likeness (QED) is 0.775. The number of thioether (sulfide) groups is 1. The Morgan fingerprint density at radius 3 is 3.15 bits per heavy atom.